The Hall–Kier alpha value is -1.06. The van der Waals surface area contributed by atoms with E-state index in [-0.39, 0.29) is 47.9 Å². The van der Waals surface area contributed by atoms with Crippen molar-refractivity contribution in [2.45, 2.75) is 64.5 Å². The van der Waals surface area contributed by atoms with Crippen molar-refractivity contribution in [1.82, 2.24) is 20.9 Å². The van der Waals surface area contributed by atoms with Gasteiger partial charge < -0.3 is 20.9 Å². The summed E-state index contributed by atoms with van der Waals surface area (Å²) in [5.74, 6) is 1.30. The summed E-state index contributed by atoms with van der Waals surface area (Å²) >= 11 is 0. The smallest absolute Gasteiger partial charge is 0.225 e. The van der Waals surface area contributed by atoms with Gasteiger partial charge in [-0.3, -0.25) is 14.6 Å². The van der Waals surface area contributed by atoms with Crippen LogP contribution < -0.4 is 16.0 Å². The SMILES string of the molecule is CN=C(NCCC(=O)NC(C)C)NC1CCN(C(=O)C2CCCC2)C1.I. The van der Waals surface area contributed by atoms with Gasteiger partial charge in [-0.2, -0.15) is 0 Å². The fourth-order valence-corrected chi connectivity index (χ4v) is 3.59. The van der Waals surface area contributed by atoms with Gasteiger partial charge in [-0.15, -0.1) is 24.0 Å². The van der Waals surface area contributed by atoms with Gasteiger partial charge in [0.15, 0.2) is 5.96 Å². The number of guanidine groups is 1. The average Bonchev–Trinajstić information content (AvgIpc) is 3.24. The van der Waals surface area contributed by atoms with E-state index in [4.69, 9.17) is 0 Å². The van der Waals surface area contributed by atoms with Crippen LogP contribution in [0, 0.1) is 5.92 Å². The fraction of sp³-hybridized carbons (Fsp3) is 0.833. The third-order valence-electron chi connectivity index (χ3n) is 4.86. The lowest BCUT2D eigenvalue weighted by Gasteiger charge is -2.21. The van der Waals surface area contributed by atoms with E-state index in [9.17, 15) is 9.59 Å². The zero-order chi connectivity index (χ0) is 18.2. The second kappa shape index (κ2) is 11.6. The molecule has 7 nitrogen and oxygen atoms in total. The molecule has 0 aromatic carbocycles. The monoisotopic (exact) mass is 479 g/mol. The zero-order valence-electron chi connectivity index (χ0n) is 16.2. The Bertz CT molecular complexity index is 492. The number of rotatable bonds is 6. The largest absolute Gasteiger partial charge is 0.356 e. The summed E-state index contributed by atoms with van der Waals surface area (Å²) < 4.78 is 0. The third kappa shape index (κ3) is 7.28. The number of nitrogens with one attached hydrogen (secondary N) is 3. The van der Waals surface area contributed by atoms with Crippen molar-refractivity contribution in [3.05, 3.63) is 0 Å². The van der Waals surface area contributed by atoms with Crippen molar-refractivity contribution in [2.24, 2.45) is 10.9 Å². The molecule has 0 aromatic rings. The molecule has 8 heteroatoms. The maximum atomic E-state index is 12.5. The quantitative estimate of drug-likeness (QED) is 0.306. The molecular weight excluding hydrogens is 445 g/mol. The van der Waals surface area contributed by atoms with E-state index in [0.29, 0.717) is 24.8 Å². The van der Waals surface area contributed by atoms with Crippen molar-refractivity contribution in [3.8, 4) is 0 Å². The summed E-state index contributed by atoms with van der Waals surface area (Å²) in [7, 11) is 1.72. The molecule has 150 valence electrons. The zero-order valence-corrected chi connectivity index (χ0v) is 18.5. The molecule has 0 bridgehead atoms. The van der Waals surface area contributed by atoms with Crippen LogP contribution in [0.4, 0.5) is 0 Å². The summed E-state index contributed by atoms with van der Waals surface area (Å²) in [4.78, 5) is 30.4. The normalized spacial score (nSPS) is 20.8. The number of carbonyl (C=O) groups is 2. The van der Waals surface area contributed by atoms with Gasteiger partial charge in [-0.05, 0) is 33.1 Å². The topological polar surface area (TPSA) is 85.8 Å². The summed E-state index contributed by atoms with van der Waals surface area (Å²) in [5.41, 5.74) is 0. The minimum atomic E-state index is 0. The molecule has 1 atom stereocenters. The van der Waals surface area contributed by atoms with Gasteiger partial charge in [0.2, 0.25) is 11.8 Å². The number of carbonyl (C=O) groups excluding carboxylic acids is 2. The Morgan fingerprint density at radius 2 is 1.88 bits per heavy atom. The van der Waals surface area contributed by atoms with Gasteiger partial charge in [-0.25, -0.2) is 0 Å². The van der Waals surface area contributed by atoms with Crippen LogP contribution in [-0.4, -0.2) is 61.4 Å². The number of hydrogen-bond donors (Lipinski definition) is 3. The average molecular weight is 479 g/mol. The Labute approximate surface area is 174 Å². The number of hydrogen-bond acceptors (Lipinski definition) is 3. The Morgan fingerprint density at radius 1 is 1.19 bits per heavy atom. The van der Waals surface area contributed by atoms with E-state index >= 15 is 0 Å². The lowest BCUT2D eigenvalue weighted by molar-refractivity contribution is -0.134. The minimum Gasteiger partial charge on any atom is -0.356 e. The van der Waals surface area contributed by atoms with E-state index < -0.39 is 0 Å². The van der Waals surface area contributed by atoms with Crippen LogP contribution in [0.1, 0.15) is 52.4 Å². The van der Waals surface area contributed by atoms with E-state index in [1.54, 1.807) is 7.05 Å². The molecule has 26 heavy (non-hydrogen) atoms. The molecule has 2 aliphatic rings. The van der Waals surface area contributed by atoms with Gasteiger partial charge >= 0.3 is 0 Å². The summed E-state index contributed by atoms with van der Waals surface area (Å²) in [6.45, 7) is 6.00. The number of likely N-dealkylation sites (tertiary alicyclic amines) is 1. The van der Waals surface area contributed by atoms with Crippen LogP contribution in [0.5, 0.6) is 0 Å². The molecule has 0 aromatic heterocycles. The van der Waals surface area contributed by atoms with Crippen LogP contribution >= 0.6 is 24.0 Å². The van der Waals surface area contributed by atoms with Crippen molar-refractivity contribution >= 4 is 41.8 Å². The molecule has 1 aliphatic heterocycles. The molecule has 1 unspecified atom stereocenters. The van der Waals surface area contributed by atoms with Gasteiger partial charge in [-0.1, -0.05) is 12.8 Å². The second-order valence-electron chi connectivity index (χ2n) is 7.37. The minimum absolute atomic E-state index is 0. The van der Waals surface area contributed by atoms with Crippen molar-refractivity contribution in [3.63, 3.8) is 0 Å². The van der Waals surface area contributed by atoms with Gasteiger partial charge in [0.1, 0.15) is 0 Å². The van der Waals surface area contributed by atoms with E-state index in [1.807, 2.05) is 18.7 Å². The highest BCUT2D eigenvalue weighted by atomic mass is 127. The predicted octanol–water partition coefficient (Wildman–Crippen LogP) is 1.48. The first-order chi connectivity index (χ1) is 12.0. The molecule has 0 spiro atoms. The standard InChI is InChI=1S/C18H33N5O2.HI/c1-13(2)21-16(24)8-10-20-18(19-3)22-15-9-11-23(12-15)17(25)14-6-4-5-7-14;/h13-15H,4-12H2,1-3H3,(H,21,24)(H2,19,20,22);1H. The van der Waals surface area contributed by atoms with Crippen molar-refractivity contribution < 1.29 is 9.59 Å². The summed E-state index contributed by atoms with van der Waals surface area (Å²) in [6, 6.07) is 0.382. The number of aliphatic imine (C=N–C) groups is 1. The first-order valence-electron chi connectivity index (χ1n) is 9.55. The van der Waals surface area contributed by atoms with E-state index in [1.165, 1.54) is 12.8 Å². The first-order valence-corrected chi connectivity index (χ1v) is 9.55. The molecule has 1 heterocycles. The van der Waals surface area contributed by atoms with Gasteiger partial charge in [0.05, 0.1) is 0 Å². The van der Waals surface area contributed by atoms with Crippen LogP contribution in [-0.2, 0) is 9.59 Å². The highest BCUT2D eigenvalue weighted by molar-refractivity contribution is 14.0. The molecule has 3 N–H and O–H groups in total. The molecule has 1 aliphatic carbocycles. The molecule has 0 radical (unpaired) electrons. The number of amides is 2. The van der Waals surface area contributed by atoms with Gasteiger partial charge in [0.25, 0.3) is 0 Å². The summed E-state index contributed by atoms with van der Waals surface area (Å²) in [6.07, 6.45) is 5.83. The maximum absolute atomic E-state index is 12.5. The molecule has 2 amide bonds. The Kier molecular flexibility index (Phi) is 10.3. The Balaban J connectivity index is 0.00000338. The molecule has 1 saturated heterocycles. The molecule has 1 saturated carbocycles. The molecular formula is C18H34IN5O2. The lowest BCUT2D eigenvalue weighted by atomic mass is 10.1. The van der Waals surface area contributed by atoms with Crippen LogP contribution in [0.25, 0.3) is 0 Å². The van der Waals surface area contributed by atoms with Crippen LogP contribution in [0.3, 0.4) is 0 Å². The number of halogens is 1. The predicted molar refractivity (Wildman–Crippen MR) is 115 cm³/mol. The highest BCUT2D eigenvalue weighted by Gasteiger charge is 2.32. The lowest BCUT2D eigenvalue weighted by Crippen LogP contribution is -2.46. The fourth-order valence-electron chi connectivity index (χ4n) is 3.59. The van der Waals surface area contributed by atoms with E-state index in [2.05, 4.69) is 20.9 Å². The van der Waals surface area contributed by atoms with Crippen LogP contribution in [0.2, 0.25) is 0 Å². The number of nitrogens with zero attached hydrogens (tertiary/aromatic N) is 2. The van der Waals surface area contributed by atoms with Crippen molar-refractivity contribution in [2.75, 3.05) is 26.7 Å². The summed E-state index contributed by atoms with van der Waals surface area (Å²) in [5, 5.41) is 9.41. The van der Waals surface area contributed by atoms with Gasteiger partial charge in [0, 0.05) is 51.1 Å². The van der Waals surface area contributed by atoms with Crippen molar-refractivity contribution in [1.29, 1.82) is 0 Å². The van der Waals surface area contributed by atoms with E-state index in [0.717, 1.165) is 32.4 Å². The Morgan fingerprint density at radius 3 is 2.50 bits per heavy atom. The first kappa shape index (κ1) is 23.0. The third-order valence-corrected chi connectivity index (χ3v) is 4.86. The second-order valence-corrected chi connectivity index (χ2v) is 7.37. The molecule has 2 rings (SSSR count). The van der Waals surface area contributed by atoms with Crippen LogP contribution in [0.15, 0.2) is 4.99 Å². The maximum Gasteiger partial charge on any atom is 0.225 e. The highest BCUT2D eigenvalue weighted by Crippen LogP contribution is 2.27. The molecule has 2 fully saturated rings.